The first kappa shape index (κ1) is 16.0. The number of nitrogens with zero attached hydrogens (tertiary/aromatic N) is 1. The Kier molecular flexibility index (Phi) is 5.77. The van der Waals surface area contributed by atoms with Crippen LogP contribution >= 0.6 is 0 Å². The molecule has 114 valence electrons. The van der Waals surface area contributed by atoms with E-state index in [1.54, 1.807) is 0 Å². The van der Waals surface area contributed by atoms with E-state index in [2.05, 4.69) is 80.6 Å². The summed E-state index contributed by atoms with van der Waals surface area (Å²) in [5.74, 6) is 0.765. The maximum absolute atomic E-state index is 3.46. The molecule has 0 saturated heterocycles. The summed E-state index contributed by atoms with van der Waals surface area (Å²) in [7, 11) is 4.27. The number of hydrogen-bond donors (Lipinski definition) is 1. The molecule has 2 aromatic carbocycles. The summed E-state index contributed by atoms with van der Waals surface area (Å²) in [6.07, 6.45) is 1.25. The number of likely N-dealkylation sites (N-methyl/N-ethyl adjacent to an activating group) is 2. The van der Waals surface area contributed by atoms with Crippen LogP contribution in [0.4, 0.5) is 0 Å². The van der Waals surface area contributed by atoms with Crippen molar-refractivity contribution in [1.29, 1.82) is 0 Å². The normalized spacial score (nSPS) is 13.2. The predicted octanol–water partition coefficient (Wildman–Crippen LogP) is 4.08. The van der Waals surface area contributed by atoms with Gasteiger partial charge >= 0.3 is 0 Å². The molecule has 1 unspecified atom stereocenters. The van der Waals surface area contributed by atoms with E-state index in [0.717, 1.165) is 19.0 Å². The minimum Gasteiger partial charge on any atom is -0.312 e. The van der Waals surface area contributed by atoms with E-state index in [4.69, 9.17) is 0 Å². The van der Waals surface area contributed by atoms with Crippen molar-refractivity contribution in [2.24, 2.45) is 5.92 Å². The van der Waals surface area contributed by atoms with Gasteiger partial charge in [-0.25, -0.2) is 0 Å². The number of nitrogens with one attached hydrogen (secondary N) is 1. The highest BCUT2D eigenvalue weighted by molar-refractivity contribution is 5.83. The smallest absolute Gasteiger partial charge is 0.0446 e. The second kappa shape index (κ2) is 7.58. The third-order valence-electron chi connectivity index (χ3n) is 4.11. The fourth-order valence-electron chi connectivity index (χ4n) is 2.67. The Bertz CT molecular complexity index is 562. The average molecular weight is 284 g/mol. The van der Waals surface area contributed by atoms with Crippen LogP contribution in [0.2, 0.25) is 0 Å². The lowest BCUT2D eigenvalue weighted by molar-refractivity contribution is 0.280. The lowest BCUT2D eigenvalue weighted by Crippen LogP contribution is -2.32. The summed E-state index contributed by atoms with van der Waals surface area (Å²) in [6.45, 7) is 6.77. The van der Waals surface area contributed by atoms with Gasteiger partial charge in [-0.15, -0.1) is 0 Å². The van der Waals surface area contributed by atoms with Crippen LogP contribution < -0.4 is 5.32 Å². The maximum Gasteiger partial charge on any atom is 0.0446 e. The largest absolute Gasteiger partial charge is 0.312 e. The molecule has 0 heterocycles. The summed E-state index contributed by atoms with van der Waals surface area (Å²) in [4.78, 5) is 2.43. The Balaban J connectivity index is 2.08. The summed E-state index contributed by atoms with van der Waals surface area (Å²) < 4.78 is 0. The van der Waals surface area contributed by atoms with Gasteiger partial charge in [-0.2, -0.15) is 0 Å². The molecule has 0 aliphatic carbocycles. The van der Waals surface area contributed by atoms with Gasteiger partial charge in [0.1, 0.15) is 0 Å². The van der Waals surface area contributed by atoms with Gasteiger partial charge in [0.2, 0.25) is 0 Å². The van der Waals surface area contributed by atoms with Crippen LogP contribution in [-0.4, -0.2) is 32.1 Å². The second-order valence-electron chi connectivity index (χ2n) is 6.39. The van der Waals surface area contributed by atoms with Crippen molar-refractivity contribution in [2.75, 3.05) is 27.2 Å². The second-order valence-corrected chi connectivity index (χ2v) is 6.39. The van der Waals surface area contributed by atoms with Gasteiger partial charge in [0.05, 0.1) is 0 Å². The number of benzene rings is 2. The van der Waals surface area contributed by atoms with Crippen molar-refractivity contribution in [1.82, 2.24) is 10.2 Å². The van der Waals surface area contributed by atoms with Gasteiger partial charge in [-0.05, 0) is 55.4 Å². The standard InChI is InChI=1S/C19H28N2/c1-15(2)11-12-21(4)14-19(20-3)18-10-9-16-7-5-6-8-17(16)13-18/h5-10,13,15,19-20H,11-12,14H2,1-4H3. The quantitative estimate of drug-likeness (QED) is 0.824. The van der Waals surface area contributed by atoms with E-state index in [0.29, 0.717) is 6.04 Å². The number of rotatable bonds is 7. The van der Waals surface area contributed by atoms with Crippen molar-refractivity contribution >= 4 is 10.8 Å². The highest BCUT2D eigenvalue weighted by Gasteiger charge is 2.12. The van der Waals surface area contributed by atoms with Crippen LogP contribution in [-0.2, 0) is 0 Å². The highest BCUT2D eigenvalue weighted by atomic mass is 15.1. The first-order chi connectivity index (χ1) is 10.1. The minimum absolute atomic E-state index is 0.381. The van der Waals surface area contributed by atoms with Crippen molar-refractivity contribution in [2.45, 2.75) is 26.3 Å². The lowest BCUT2D eigenvalue weighted by Gasteiger charge is -2.25. The Morgan fingerprint density at radius 1 is 1.05 bits per heavy atom. The zero-order valence-corrected chi connectivity index (χ0v) is 13.8. The average Bonchev–Trinajstić information content (AvgIpc) is 2.50. The lowest BCUT2D eigenvalue weighted by atomic mass is 10.0. The Hall–Kier alpha value is -1.38. The van der Waals surface area contributed by atoms with Crippen LogP contribution in [0.1, 0.15) is 31.9 Å². The first-order valence-corrected chi connectivity index (χ1v) is 7.94. The zero-order chi connectivity index (χ0) is 15.2. The molecule has 2 heteroatoms. The van der Waals surface area contributed by atoms with Gasteiger partial charge in [0.25, 0.3) is 0 Å². The van der Waals surface area contributed by atoms with Crippen molar-refractivity contribution in [3.05, 3.63) is 48.0 Å². The van der Waals surface area contributed by atoms with E-state index in [1.165, 1.54) is 22.8 Å². The van der Waals surface area contributed by atoms with E-state index < -0.39 is 0 Å². The summed E-state index contributed by atoms with van der Waals surface area (Å²) >= 11 is 0. The van der Waals surface area contributed by atoms with Gasteiger partial charge in [0, 0.05) is 12.6 Å². The Labute approximate surface area is 129 Å². The molecule has 1 atom stereocenters. The van der Waals surface area contributed by atoms with Crippen LogP contribution in [0, 0.1) is 5.92 Å². The fraction of sp³-hybridized carbons (Fsp3) is 0.474. The molecule has 0 aromatic heterocycles. The SMILES string of the molecule is CNC(CN(C)CCC(C)C)c1ccc2ccccc2c1. The molecule has 0 fully saturated rings. The summed E-state index contributed by atoms with van der Waals surface area (Å²) in [5, 5.41) is 6.09. The Morgan fingerprint density at radius 3 is 2.43 bits per heavy atom. The van der Waals surface area contributed by atoms with Gasteiger partial charge in [-0.3, -0.25) is 0 Å². The van der Waals surface area contributed by atoms with Crippen LogP contribution in [0.3, 0.4) is 0 Å². The molecule has 2 rings (SSSR count). The third-order valence-corrected chi connectivity index (χ3v) is 4.11. The van der Waals surface area contributed by atoms with Gasteiger partial charge in [-0.1, -0.05) is 50.2 Å². The molecule has 0 aliphatic rings. The third kappa shape index (κ3) is 4.55. The monoisotopic (exact) mass is 284 g/mol. The predicted molar refractivity (Wildman–Crippen MR) is 92.7 cm³/mol. The Morgan fingerprint density at radius 2 is 1.76 bits per heavy atom. The molecule has 0 radical (unpaired) electrons. The maximum atomic E-state index is 3.46. The van der Waals surface area contributed by atoms with Gasteiger partial charge in [0.15, 0.2) is 0 Å². The molecule has 0 saturated carbocycles. The first-order valence-electron chi connectivity index (χ1n) is 7.94. The molecule has 1 N–H and O–H groups in total. The molecule has 0 spiro atoms. The minimum atomic E-state index is 0.381. The molecule has 21 heavy (non-hydrogen) atoms. The summed E-state index contributed by atoms with van der Waals surface area (Å²) in [5.41, 5.74) is 1.37. The van der Waals surface area contributed by atoms with E-state index in [9.17, 15) is 0 Å². The van der Waals surface area contributed by atoms with E-state index in [1.807, 2.05) is 0 Å². The topological polar surface area (TPSA) is 15.3 Å². The van der Waals surface area contributed by atoms with Crippen molar-refractivity contribution in [3.63, 3.8) is 0 Å². The van der Waals surface area contributed by atoms with Crippen LogP contribution in [0.25, 0.3) is 10.8 Å². The molecular formula is C19H28N2. The molecule has 2 nitrogen and oxygen atoms in total. The van der Waals surface area contributed by atoms with E-state index in [-0.39, 0.29) is 0 Å². The van der Waals surface area contributed by atoms with Gasteiger partial charge < -0.3 is 10.2 Å². The molecule has 0 bridgehead atoms. The van der Waals surface area contributed by atoms with Crippen molar-refractivity contribution in [3.8, 4) is 0 Å². The molecular weight excluding hydrogens is 256 g/mol. The molecule has 0 aliphatic heterocycles. The molecule has 2 aromatic rings. The highest BCUT2D eigenvalue weighted by Crippen LogP contribution is 2.21. The summed E-state index contributed by atoms with van der Waals surface area (Å²) in [6, 6.07) is 15.7. The van der Waals surface area contributed by atoms with Crippen LogP contribution in [0.15, 0.2) is 42.5 Å². The zero-order valence-electron chi connectivity index (χ0n) is 13.8. The van der Waals surface area contributed by atoms with Crippen molar-refractivity contribution < 1.29 is 0 Å². The molecule has 0 amide bonds. The van der Waals surface area contributed by atoms with Crippen LogP contribution in [0.5, 0.6) is 0 Å². The fourth-order valence-corrected chi connectivity index (χ4v) is 2.67. The number of hydrogen-bond acceptors (Lipinski definition) is 2. The number of fused-ring (bicyclic) bond motifs is 1. The van der Waals surface area contributed by atoms with E-state index >= 15 is 0 Å².